The monoisotopic (exact) mass is 337 g/mol. The molecule has 2 aliphatic carbocycles. The first-order chi connectivity index (χ1) is 12.3. The van der Waals surface area contributed by atoms with Gasteiger partial charge in [0, 0.05) is 29.1 Å². The van der Waals surface area contributed by atoms with Gasteiger partial charge in [0.25, 0.3) is 0 Å². The fourth-order valence-electron chi connectivity index (χ4n) is 4.91. The summed E-state index contributed by atoms with van der Waals surface area (Å²) in [5.74, 6) is 1.75. The Morgan fingerprint density at radius 3 is 2.80 bits per heavy atom. The molecule has 4 aliphatic rings. The highest BCUT2D eigenvalue weighted by Gasteiger charge is 2.44. The first kappa shape index (κ1) is 15.7. The Hall–Kier alpha value is -1.58. The van der Waals surface area contributed by atoms with Crippen LogP contribution in [0.5, 0.6) is 0 Å². The zero-order valence-electron chi connectivity index (χ0n) is 14.6. The molecule has 1 aromatic carbocycles. The first-order valence-electron chi connectivity index (χ1n) is 9.83. The molecule has 1 aromatic rings. The van der Waals surface area contributed by atoms with E-state index in [4.69, 9.17) is 4.74 Å². The van der Waals surface area contributed by atoms with Crippen LogP contribution in [0.2, 0.25) is 0 Å². The van der Waals surface area contributed by atoms with Crippen LogP contribution in [0.3, 0.4) is 0 Å². The third-order valence-corrected chi connectivity index (χ3v) is 6.44. The van der Waals surface area contributed by atoms with Gasteiger partial charge in [0.05, 0.1) is 18.8 Å². The number of nitrogens with one attached hydrogen (secondary N) is 1. The number of hydrogen-bond donors (Lipinski definition) is 2. The quantitative estimate of drug-likeness (QED) is 0.863. The van der Waals surface area contributed by atoms with Gasteiger partial charge in [-0.1, -0.05) is 36.4 Å². The molecule has 0 aromatic heterocycles. The minimum atomic E-state index is -0.0146. The van der Waals surface area contributed by atoms with Gasteiger partial charge >= 0.3 is 0 Å². The van der Waals surface area contributed by atoms with Crippen LogP contribution >= 0.6 is 0 Å². The molecule has 1 saturated carbocycles. The minimum Gasteiger partial charge on any atom is -0.394 e. The second kappa shape index (κ2) is 6.30. The Bertz CT molecular complexity index is 706. The minimum absolute atomic E-state index is 0.0146. The number of aliphatic hydroxyl groups excluding tert-OH is 1. The molecule has 3 heteroatoms. The summed E-state index contributed by atoms with van der Waals surface area (Å²) in [6.07, 6.45) is 14.9. The van der Waals surface area contributed by atoms with Crippen molar-refractivity contribution in [1.29, 1.82) is 0 Å². The largest absolute Gasteiger partial charge is 0.394 e. The van der Waals surface area contributed by atoms with Crippen LogP contribution < -0.4 is 5.32 Å². The third kappa shape index (κ3) is 2.84. The lowest BCUT2D eigenvalue weighted by molar-refractivity contribution is -0.112. The Balaban J connectivity index is 1.51. The summed E-state index contributed by atoms with van der Waals surface area (Å²) in [4.78, 5) is 0. The summed E-state index contributed by atoms with van der Waals surface area (Å²) < 4.78 is 6.41. The van der Waals surface area contributed by atoms with Crippen LogP contribution in [0.25, 0.3) is 0 Å². The third-order valence-electron chi connectivity index (χ3n) is 6.44. The van der Waals surface area contributed by atoms with Crippen molar-refractivity contribution in [3.8, 4) is 0 Å². The normalized spacial score (nSPS) is 36.4. The number of allylic oxidation sites excluding steroid dienone is 3. The van der Waals surface area contributed by atoms with Crippen molar-refractivity contribution >= 4 is 5.69 Å². The van der Waals surface area contributed by atoms with Crippen LogP contribution in [0.15, 0.2) is 42.5 Å². The van der Waals surface area contributed by atoms with Crippen molar-refractivity contribution in [1.82, 2.24) is 0 Å². The molecule has 5 atom stereocenters. The molecule has 3 nitrogen and oxygen atoms in total. The zero-order chi connectivity index (χ0) is 16.8. The van der Waals surface area contributed by atoms with E-state index in [1.807, 2.05) is 0 Å². The topological polar surface area (TPSA) is 41.5 Å². The summed E-state index contributed by atoms with van der Waals surface area (Å²) in [6.45, 7) is 0.130. The molecular weight excluding hydrogens is 310 g/mol. The van der Waals surface area contributed by atoms with E-state index in [0.29, 0.717) is 17.9 Å². The number of ether oxygens (including phenoxy) is 1. The molecule has 25 heavy (non-hydrogen) atoms. The number of benzene rings is 1. The van der Waals surface area contributed by atoms with Gasteiger partial charge in [-0.05, 0) is 49.7 Å². The molecule has 0 spiro atoms. The second-order valence-corrected chi connectivity index (χ2v) is 8.11. The van der Waals surface area contributed by atoms with Gasteiger partial charge in [0.2, 0.25) is 0 Å². The molecule has 2 heterocycles. The summed E-state index contributed by atoms with van der Waals surface area (Å²) >= 11 is 0. The van der Waals surface area contributed by atoms with Gasteiger partial charge < -0.3 is 15.2 Å². The van der Waals surface area contributed by atoms with Gasteiger partial charge in [-0.25, -0.2) is 0 Å². The summed E-state index contributed by atoms with van der Waals surface area (Å²) in [6, 6.07) is 7.35. The number of aliphatic hydroxyl groups is 1. The van der Waals surface area contributed by atoms with E-state index in [1.165, 1.54) is 29.7 Å². The number of fused-ring (bicyclic) bond motifs is 3. The van der Waals surface area contributed by atoms with Crippen molar-refractivity contribution in [2.24, 2.45) is 11.8 Å². The average molecular weight is 337 g/mol. The molecule has 1 saturated heterocycles. The Labute approximate surface area is 149 Å². The van der Waals surface area contributed by atoms with Crippen LogP contribution in [-0.2, 0) is 4.74 Å². The average Bonchev–Trinajstić information content (AvgIpc) is 3.52. The fourth-order valence-corrected chi connectivity index (χ4v) is 4.91. The second-order valence-electron chi connectivity index (χ2n) is 8.11. The van der Waals surface area contributed by atoms with Crippen LogP contribution in [0.1, 0.15) is 55.3 Å². The predicted molar refractivity (Wildman–Crippen MR) is 99.6 cm³/mol. The Kier molecular flexibility index (Phi) is 3.94. The van der Waals surface area contributed by atoms with Crippen LogP contribution in [-0.4, -0.2) is 23.9 Å². The lowest BCUT2D eigenvalue weighted by Gasteiger charge is -2.47. The predicted octanol–water partition coefficient (Wildman–Crippen LogP) is 4.32. The van der Waals surface area contributed by atoms with E-state index < -0.39 is 0 Å². The van der Waals surface area contributed by atoms with Gasteiger partial charge in [-0.2, -0.15) is 0 Å². The van der Waals surface area contributed by atoms with Crippen molar-refractivity contribution in [3.05, 3.63) is 53.6 Å². The number of rotatable bonds is 3. The maximum Gasteiger partial charge on any atom is 0.0897 e. The van der Waals surface area contributed by atoms with Gasteiger partial charge in [-0.3, -0.25) is 0 Å². The maximum atomic E-state index is 9.64. The molecule has 0 amide bonds. The van der Waals surface area contributed by atoms with Gasteiger partial charge in [-0.15, -0.1) is 0 Å². The highest BCUT2D eigenvalue weighted by atomic mass is 16.5. The standard InChI is InChI=1S/C22H27NO2/c24-13-17-9-10-18-21(15-4-2-1-3-5-15)23-20-11-8-16(14-6-7-14)12-19(20)22(18)25-17/h1-4,8,11-12,14-15,17-18,21-24H,5-7,9-10,13H2/t15?,17-,18+,21+,22+/m1/s1. The summed E-state index contributed by atoms with van der Waals surface area (Å²) in [5, 5.41) is 13.5. The van der Waals surface area contributed by atoms with E-state index in [0.717, 1.165) is 25.2 Å². The number of hydrogen-bond acceptors (Lipinski definition) is 3. The first-order valence-corrected chi connectivity index (χ1v) is 9.83. The van der Waals surface area contributed by atoms with E-state index in [9.17, 15) is 5.11 Å². The molecule has 2 aliphatic heterocycles. The summed E-state index contributed by atoms with van der Waals surface area (Å²) in [5.41, 5.74) is 4.02. The van der Waals surface area contributed by atoms with Crippen molar-refractivity contribution in [3.63, 3.8) is 0 Å². The lowest BCUT2D eigenvalue weighted by atomic mass is 9.73. The SMILES string of the molecule is OC[C@H]1CC[C@@H]2[C@H](O1)c1cc(C3CC3)ccc1N[C@H]2C1C=CC=CC1. The molecular formula is C22H27NO2. The van der Waals surface area contributed by atoms with Crippen molar-refractivity contribution in [2.45, 2.75) is 56.3 Å². The zero-order valence-corrected chi connectivity index (χ0v) is 14.6. The van der Waals surface area contributed by atoms with Gasteiger partial charge in [0.15, 0.2) is 0 Å². The van der Waals surface area contributed by atoms with Crippen molar-refractivity contribution in [2.75, 3.05) is 11.9 Å². The Morgan fingerprint density at radius 2 is 2.04 bits per heavy atom. The van der Waals surface area contributed by atoms with Crippen LogP contribution in [0, 0.1) is 11.8 Å². The molecule has 0 bridgehead atoms. The Morgan fingerprint density at radius 1 is 1.12 bits per heavy atom. The highest BCUT2D eigenvalue weighted by Crippen LogP contribution is 2.50. The van der Waals surface area contributed by atoms with Crippen molar-refractivity contribution < 1.29 is 9.84 Å². The molecule has 2 N–H and O–H groups in total. The summed E-state index contributed by atoms with van der Waals surface area (Å²) in [7, 11) is 0. The molecule has 2 fully saturated rings. The van der Waals surface area contributed by atoms with Gasteiger partial charge in [0.1, 0.15) is 0 Å². The molecule has 0 radical (unpaired) electrons. The molecule has 5 rings (SSSR count). The lowest BCUT2D eigenvalue weighted by Crippen LogP contribution is -2.47. The maximum absolute atomic E-state index is 9.64. The van der Waals surface area contributed by atoms with Crippen LogP contribution in [0.4, 0.5) is 5.69 Å². The van der Waals surface area contributed by atoms with E-state index in [-0.39, 0.29) is 18.8 Å². The number of anilines is 1. The smallest absolute Gasteiger partial charge is 0.0897 e. The highest BCUT2D eigenvalue weighted by molar-refractivity contribution is 5.58. The molecule has 1 unspecified atom stereocenters. The van der Waals surface area contributed by atoms with E-state index >= 15 is 0 Å². The molecule has 132 valence electrons. The fraction of sp³-hybridized carbons (Fsp3) is 0.545. The van der Waals surface area contributed by atoms with E-state index in [2.05, 4.69) is 47.8 Å². The van der Waals surface area contributed by atoms with E-state index in [1.54, 1.807) is 0 Å².